The van der Waals surface area contributed by atoms with Gasteiger partial charge in [-0.2, -0.15) is 0 Å². The van der Waals surface area contributed by atoms with Gasteiger partial charge in [-0.3, -0.25) is 0 Å². The van der Waals surface area contributed by atoms with Crippen molar-refractivity contribution in [2.45, 2.75) is 0 Å². The van der Waals surface area contributed by atoms with Crippen LogP contribution in [-0.4, -0.2) is 15.0 Å². The fourth-order valence-corrected chi connectivity index (χ4v) is 2.12. The van der Waals surface area contributed by atoms with Crippen molar-refractivity contribution in [3.05, 3.63) is 36.9 Å². The third kappa shape index (κ3) is 0.839. The van der Waals surface area contributed by atoms with Gasteiger partial charge >= 0.3 is 0 Å². The zero-order valence-corrected chi connectivity index (χ0v) is 8.27. The van der Waals surface area contributed by atoms with E-state index in [2.05, 4.69) is 21.0 Å². The summed E-state index contributed by atoms with van der Waals surface area (Å²) in [6.45, 7) is 0. The number of nitrogens with one attached hydrogen (secondary N) is 1. The average Bonchev–Trinajstić information content (AvgIpc) is 2.91. The molecule has 4 heteroatoms. The predicted octanol–water partition coefficient (Wildman–Crippen LogP) is 2.86. The van der Waals surface area contributed by atoms with Gasteiger partial charge in [-0.15, -0.1) is 0 Å². The van der Waals surface area contributed by atoms with Crippen molar-refractivity contribution < 1.29 is 4.42 Å². The fourth-order valence-electron chi connectivity index (χ4n) is 2.12. The lowest BCUT2D eigenvalue weighted by Crippen LogP contribution is -1.77. The lowest BCUT2D eigenvalue weighted by Gasteiger charge is -1.91. The molecule has 0 amide bonds. The van der Waals surface area contributed by atoms with E-state index in [0.29, 0.717) is 5.71 Å². The Bertz CT molecular complexity index is 813. The van der Waals surface area contributed by atoms with E-state index in [-0.39, 0.29) is 0 Å². The van der Waals surface area contributed by atoms with E-state index in [4.69, 9.17) is 4.42 Å². The normalized spacial score (nSPS) is 11.8. The van der Waals surface area contributed by atoms with E-state index in [1.54, 1.807) is 12.5 Å². The molecule has 0 atom stereocenters. The smallest absolute Gasteiger partial charge is 0.229 e. The molecule has 4 aromatic rings. The number of rotatable bonds is 0. The molecule has 0 aliphatic carbocycles. The molecule has 3 aromatic heterocycles. The maximum Gasteiger partial charge on any atom is 0.229 e. The van der Waals surface area contributed by atoms with Crippen molar-refractivity contribution in [2.24, 2.45) is 0 Å². The summed E-state index contributed by atoms with van der Waals surface area (Å²) in [4.78, 5) is 11.4. The Morgan fingerprint density at radius 3 is 3.19 bits per heavy atom. The number of aromatic nitrogens is 3. The first-order chi connectivity index (χ1) is 7.93. The molecule has 3 heterocycles. The van der Waals surface area contributed by atoms with Gasteiger partial charge in [0.25, 0.3) is 0 Å². The highest BCUT2D eigenvalue weighted by Crippen LogP contribution is 2.31. The number of aromatic amines is 1. The van der Waals surface area contributed by atoms with Crippen LogP contribution in [0.3, 0.4) is 0 Å². The molecule has 1 aromatic carbocycles. The van der Waals surface area contributed by atoms with Gasteiger partial charge in [-0.05, 0) is 5.39 Å². The predicted molar refractivity (Wildman–Crippen MR) is 61.2 cm³/mol. The minimum absolute atomic E-state index is 0.651. The molecule has 0 aliphatic rings. The summed E-state index contributed by atoms with van der Waals surface area (Å²) >= 11 is 0. The van der Waals surface area contributed by atoms with Crippen LogP contribution >= 0.6 is 0 Å². The number of fused-ring (bicyclic) bond motifs is 5. The third-order valence-corrected chi connectivity index (χ3v) is 2.83. The fraction of sp³-hybridized carbons (Fsp3) is 0. The molecular weight excluding hydrogens is 202 g/mol. The third-order valence-electron chi connectivity index (χ3n) is 2.83. The molecule has 0 saturated carbocycles. The maximum atomic E-state index is 5.63. The summed E-state index contributed by atoms with van der Waals surface area (Å²) < 4.78 is 5.63. The number of hydrogen-bond donors (Lipinski definition) is 1. The van der Waals surface area contributed by atoms with Crippen molar-refractivity contribution in [3.8, 4) is 0 Å². The molecule has 0 aliphatic heterocycles. The summed E-state index contributed by atoms with van der Waals surface area (Å²) in [7, 11) is 0. The van der Waals surface area contributed by atoms with Crippen LogP contribution in [0.5, 0.6) is 0 Å². The minimum atomic E-state index is 0.651. The Hall–Kier alpha value is -2.36. The van der Waals surface area contributed by atoms with E-state index in [1.165, 1.54) is 0 Å². The van der Waals surface area contributed by atoms with Gasteiger partial charge in [0, 0.05) is 11.6 Å². The second-order valence-corrected chi connectivity index (χ2v) is 3.73. The molecule has 4 rings (SSSR count). The second-order valence-electron chi connectivity index (χ2n) is 3.73. The summed E-state index contributed by atoms with van der Waals surface area (Å²) in [6, 6.07) is 6.14. The van der Waals surface area contributed by atoms with E-state index >= 15 is 0 Å². The first-order valence-electron chi connectivity index (χ1n) is 5.02. The zero-order chi connectivity index (χ0) is 10.5. The van der Waals surface area contributed by atoms with Gasteiger partial charge in [0.15, 0.2) is 5.58 Å². The second kappa shape index (κ2) is 2.61. The largest absolute Gasteiger partial charge is 0.434 e. The highest BCUT2D eigenvalue weighted by atomic mass is 16.3. The van der Waals surface area contributed by atoms with Crippen molar-refractivity contribution in [1.82, 2.24) is 15.0 Å². The topological polar surface area (TPSA) is 54.7 Å². The summed E-state index contributed by atoms with van der Waals surface area (Å²) in [5.41, 5.74) is 2.34. The Kier molecular flexibility index (Phi) is 1.28. The zero-order valence-electron chi connectivity index (χ0n) is 8.27. The minimum Gasteiger partial charge on any atom is -0.434 e. The lowest BCUT2D eigenvalue weighted by molar-refractivity contribution is 0.651. The molecule has 16 heavy (non-hydrogen) atoms. The first-order valence-corrected chi connectivity index (χ1v) is 5.02. The molecule has 0 spiro atoms. The molecule has 0 unspecified atom stereocenters. The number of pyridine rings is 1. The van der Waals surface area contributed by atoms with Gasteiger partial charge in [0.2, 0.25) is 5.71 Å². The van der Waals surface area contributed by atoms with E-state index in [9.17, 15) is 0 Å². The van der Waals surface area contributed by atoms with Crippen molar-refractivity contribution >= 4 is 33.0 Å². The molecule has 0 bridgehead atoms. The highest BCUT2D eigenvalue weighted by molar-refractivity contribution is 6.16. The SMILES string of the molecule is c1cc2cnc3oc4cnc[nH]c4c3c2c1. The molecule has 76 valence electrons. The highest BCUT2D eigenvalue weighted by Gasteiger charge is 2.11. The Labute approximate surface area is 89.9 Å². The van der Waals surface area contributed by atoms with Crippen LogP contribution in [-0.2, 0) is 0 Å². The number of furan rings is 1. The molecule has 0 saturated heterocycles. The monoisotopic (exact) mass is 209 g/mol. The van der Waals surface area contributed by atoms with Gasteiger partial charge in [0.05, 0.1) is 23.4 Å². The Morgan fingerprint density at radius 1 is 1.19 bits per heavy atom. The quantitative estimate of drug-likeness (QED) is 0.484. The van der Waals surface area contributed by atoms with Gasteiger partial charge in [-0.1, -0.05) is 18.2 Å². The molecule has 0 fully saturated rings. The van der Waals surface area contributed by atoms with Crippen LogP contribution in [0.2, 0.25) is 0 Å². The Balaban J connectivity index is 2.42. The van der Waals surface area contributed by atoms with Crippen molar-refractivity contribution in [3.63, 3.8) is 0 Å². The summed E-state index contributed by atoms with van der Waals surface area (Å²) in [5, 5.41) is 3.31. The summed E-state index contributed by atoms with van der Waals surface area (Å²) in [6.07, 6.45) is 5.18. The molecule has 4 nitrogen and oxygen atoms in total. The molecule has 0 radical (unpaired) electrons. The first kappa shape index (κ1) is 7.87. The number of hydrogen-bond acceptors (Lipinski definition) is 3. The van der Waals surface area contributed by atoms with Crippen LogP contribution in [0.1, 0.15) is 0 Å². The van der Waals surface area contributed by atoms with Gasteiger partial charge in [0.1, 0.15) is 0 Å². The van der Waals surface area contributed by atoms with Crippen LogP contribution in [0.4, 0.5) is 0 Å². The van der Waals surface area contributed by atoms with E-state index in [1.807, 2.05) is 18.3 Å². The van der Waals surface area contributed by atoms with E-state index < -0.39 is 0 Å². The van der Waals surface area contributed by atoms with Gasteiger partial charge < -0.3 is 9.40 Å². The molecular formula is C12H7N3O. The lowest BCUT2D eigenvalue weighted by atomic mass is 10.2. The van der Waals surface area contributed by atoms with Crippen LogP contribution < -0.4 is 0 Å². The van der Waals surface area contributed by atoms with Crippen LogP contribution in [0, 0.1) is 0 Å². The number of nitrogens with zero attached hydrogens (tertiary/aromatic N) is 2. The Morgan fingerprint density at radius 2 is 2.19 bits per heavy atom. The van der Waals surface area contributed by atoms with Crippen molar-refractivity contribution in [2.75, 3.05) is 0 Å². The van der Waals surface area contributed by atoms with E-state index in [0.717, 1.165) is 27.3 Å². The number of H-pyrrole nitrogens is 1. The van der Waals surface area contributed by atoms with Crippen molar-refractivity contribution in [1.29, 1.82) is 0 Å². The van der Waals surface area contributed by atoms with Crippen LogP contribution in [0.15, 0.2) is 41.3 Å². The van der Waals surface area contributed by atoms with Crippen LogP contribution in [0.25, 0.3) is 33.0 Å². The standard InChI is InChI=1S/C12H7N3O/c1-2-7-4-14-12-10(8(7)3-1)11-9(16-12)5-13-6-15-11/h1-6H,(H,13,15). The molecule has 1 N–H and O–H groups in total. The maximum absolute atomic E-state index is 5.63. The summed E-state index contributed by atoms with van der Waals surface area (Å²) in [5.74, 6) is 0. The average molecular weight is 209 g/mol. The van der Waals surface area contributed by atoms with Gasteiger partial charge in [-0.25, -0.2) is 9.97 Å².